The fraction of sp³-hybridized carbons (Fsp3) is 0.421. The quantitative estimate of drug-likeness (QED) is 0.696. The zero-order chi connectivity index (χ0) is 23.4. The molecule has 2 aromatic rings. The number of nitrogens with zero attached hydrogens (tertiary/aromatic N) is 4. The van der Waals surface area contributed by atoms with E-state index in [0.29, 0.717) is 38.1 Å². The van der Waals surface area contributed by atoms with Crippen molar-refractivity contribution in [3.05, 3.63) is 48.2 Å². The SMILES string of the molecule is O=C(O)C(F)(F)F.O=C(c1ccnnc1)N1CC2(CC(Oc3ncccc3F)CCO2)C1. The Labute approximate surface area is 179 Å². The molecule has 2 aromatic heterocycles. The van der Waals surface area contributed by atoms with Crippen LogP contribution in [0.15, 0.2) is 36.8 Å². The number of amides is 1. The van der Waals surface area contributed by atoms with Gasteiger partial charge in [-0.15, -0.1) is 0 Å². The second-order valence-electron chi connectivity index (χ2n) is 7.15. The van der Waals surface area contributed by atoms with E-state index in [4.69, 9.17) is 19.4 Å². The van der Waals surface area contributed by atoms with E-state index in [1.54, 1.807) is 11.0 Å². The molecule has 4 heterocycles. The van der Waals surface area contributed by atoms with Crippen molar-refractivity contribution in [1.82, 2.24) is 20.1 Å². The molecule has 1 spiro atoms. The van der Waals surface area contributed by atoms with E-state index < -0.39 is 23.6 Å². The van der Waals surface area contributed by atoms with Crippen molar-refractivity contribution >= 4 is 11.9 Å². The highest BCUT2D eigenvalue weighted by atomic mass is 19.4. The van der Waals surface area contributed by atoms with Gasteiger partial charge in [0.25, 0.3) is 11.8 Å². The number of halogens is 4. The normalized spacial score (nSPS) is 19.4. The van der Waals surface area contributed by atoms with Gasteiger partial charge in [-0.05, 0) is 18.2 Å². The van der Waals surface area contributed by atoms with Gasteiger partial charge in [0, 0.05) is 19.0 Å². The lowest BCUT2D eigenvalue weighted by molar-refractivity contribution is -0.192. The summed E-state index contributed by atoms with van der Waals surface area (Å²) in [6, 6.07) is 4.48. The Morgan fingerprint density at radius 3 is 2.53 bits per heavy atom. The van der Waals surface area contributed by atoms with Crippen LogP contribution in [0, 0.1) is 5.82 Å². The molecule has 1 unspecified atom stereocenters. The monoisotopic (exact) mass is 458 g/mol. The van der Waals surface area contributed by atoms with Crippen LogP contribution >= 0.6 is 0 Å². The number of aliphatic carboxylic acids is 1. The Morgan fingerprint density at radius 2 is 1.94 bits per heavy atom. The van der Waals surface area contributed by atoms with Crippen molar-refractivity contribution in [3.8, 4) is 5.88 Å². The van der Waals surface area contributed by atoms with Crippen LogP contribution in [0.2, 0.25) is 0 Å². The first-order chi connectivity index (χ1) is 15.1. The summed E-state index contributed by atoms with van der Waals surface area (Å²) in [5.74, 6) is -3.31. The molecule has 0 radical (unpaired) electrons. The minimum Gasteiger partial charge on any atom is -0.475 e. The van der Waals surface area contributed by atoms with Crippen LogP contribution in [-0.2, 0) is 9.53 Å². The highest BCUT2D eigenvalue weighted by Gasteiger charge is 2.50. The number of likely N-dealkylation sites (tertiary alicyclic amines) is 1. The van der Waals surface area contributed by atoms with Crippen LogP contribution < -0.4 is 4.74 Å². The summed E-state index contributed by atoms with van der Waals surface area (Å²) in [4.78, 5) is 26.9. The van der Waals surface area contributed by atoms with Gasteiger partial charge in [0.2, 0.25) is 0 Å². The van der Waals surface area contributed by atoms with Gasteiger partial charge in [-0.25, -0.2) is 14.2 Å². The van der Waals surface area contributed by atoms with Crippen molar-refractivity contribution in [2.24, 2.45) is 0 Å². The van der Waals surface area contributed by atoms with Crippen LogP contribution in [0.5, 0.6) is 5.88 Å². The van der Waals surface area contributed by atoms with Gasteiger partial charge in [0.1, 0.15) is 11.7 Å². The van der Waals surface area contributed by atoms with Gasteiger partial charge in [0.05, 0.1) is 37.7 Å². The molecular formula is C19H18F4N4O5. The number of carbonyl (C=O) groups is 2. The second kappa shape index (κ2) is 9.42. The van der Waals surface area contributed by atoms with Gasteiger partial charge >= 0.3 is 12.1 Å². The average Bonchev–Trinajstić information content (AvgIpc) is 2.74. The summed E-state index contributed by atoms with van der Waals surface area (Å²) in [7, 11) is 0. The van der Waals surface area contributed by atoms with Crippen LogP contribution in [0.4, 0.5) is 17.6 Å². The van der Waals surface area contributed by atoms with Crippen molar-refractivity contribution < 1.29 is 41.7 Å². The van der Waals surface area contributed by atoms with E-state index in [0.717, 1.165) is 0 Å². The van der Waals surface area contributed by atoms with E-state index in [9.17, 15) is 22.4 Å². The summed E-state index contributed by atoms with van der Waals surface area (Å²) in [5, 5.41) is 14.5. The lowest BCUT2D eigenvalue weighted by Crippen LogP contribution is -2.67. The predicted molar refractivity (Wildman–Crippen MR) is 98.2 cm³/mol. The molecule has 0 saturated carbocycles. The second-order valence-corrected chi connectivity index (χ2v) is 7.15. The number of rotatable bonds is 3. The molecule has 2 fully saturated rings. The topological polar surface area (TPSA) is 115 Å². The Balaban J connectivity index is 0.000000360. The maximum Gasteiger partial charge on any atom is 0.490 e. The zero-order valence-corrected chi connectivity index (χ0v) is 16.5. The number of alkyl halides is 3. The molecule has 2 aliphatic rings. The lowest BCUT2D eigenvalue weighted by atomic mass is 9.84. The molecule has 1 amide bonds. The smallest absolute Gasteiger partial charge is 0.475 e. The fourth-order valence-corrected chi connectivity index (χ4v) is 3.31. The number of carboxylic acids is 1. The van der Waals surface area contributed by atoms with Gasteiger partial charge in [-0.2, -0.15) is 23.4 Å². The summed E-state index contributed by atoms with van der Waals surface area (Å²) < 4.78 is 57.1. The first-order valence-electron chi connectivity index (χ1n) is 9.37. The number of pyridine rings is 1. The number of carbonyl (C=O) groups excluding carboxylic acids is 1. The molecule has 1 N–H and O–H groups in total. The third-order valence-corrected chi connectivity index (χ3v) is 4.77. The molecule has 2 saturated heterocycles. The predicted octanol–water partition coefficient (Wildman–Crippen LogP) is 2.10. The molecule has 0 aliphatic carbocycles. The lowest BCUT2D eigenvalue weighted by Gasteiger charge is -2.52. The maximum atomic E-state index is 13.7. The van der Waals surface area contributed by atoms with E-state index in [-0.39, 0.29) is 17.9 Å². The van der Waals surface area contributed by atoms with Crippen molar-refractivity contribution in [1.29, 1.82) is 0 Å². The molecular weight excluding hydrogens is 440 g/mol. The van der Waals surface area contributed by atoms with Gasteiger partial charge < -0.3 is 19.5 Å². The molecule has 0 bridgehead atoms. The first kappa shape index (κ1) is 23.3. The number of hydrogen-bond acceptors (Lipinski definition) is 7. The molecule has 9 nitrogen and oxygen atoms in total. The summed E-state index contributed by atoms with van der Waals surface area (Å²) >= 11 is 0. The van der Waals surface area contributed by atoms with E-state index >= 15 is 0 Å². The van der Waals surface area contributed by atoms with Gasteiger partial charge in [0.15, 0.2) is 5.82 Å². The van der Waals surface area contributed by atoms with Crippen LogP contribution in [0.25, 0.3) is 0 Å². The highest BCUT2D eigenvalue weighted by Crippen LogP contribution is 2.36. The van der Waals surface area contributed by atoms with E-state index in [2.05, 4.69) is 15.2 Å². The molecule has 172 valence electrons. The zero-order valence-electron chi connectivity index (χ0n) is 16.5. The molecule has 2 aliphatic heterocycles. The van der Waals surface area contributed by atoms with Crippen LogP contribution in [-0.4, -0.2) is 74.6 Å². The standard InChI is InChI=1S/C17H17FN4O3.C2HF3O2/c18-14-2-1-5-19-15(14)25-13-4-7-24-17(8-13)10-22(11-17)16(23)12-3-6-20-21-9-12;3-2(4,5)1(6)7/h1-3,5-6,9,13H,4,7-8,10-11H2;(H,6,7). The van der Waals surface area contributed by atoms with Crippen LogP contribution in [0.3, 0.4) is 0 Å². The Kier molecular flexibility index (Phi) is 6.87. The maximum absolute atomic E-state index is 13.7. The van der Waals surface area contributed by atoms with Crippen molar-refractivity contribution in [2.45, 2.75) is 30.7 Å². The van der Waals surface area contributed by atoms with Crippen molar-refractivity contribution in [2.75, 3.05) is 19.7 Å². The molecule has 32 heavy (non-hydrogen) atoms. The van der Waals surface area contributed by atoms with E-state index in [1.165, 1.54) is 30.7 Å². The Hall–Kier alpha value is -3.35. The first-order valence-corrected chi connectivity index (χ1v) is 9.37. The van der Waals surface area contributed by atoms with Crippen LogP contribution in [0.1, 0.15) is 23.2 Å². The van der Waals surface area contributed by atoms with Crippen molar-refractivity contribution in [3.63, 3.8) is 0 Å². The van der Waals surface area contributed by atoms with E-state index in [1.807, 2.05) is 0 Å². The third-order valence-electron chi connectivity index (χ3n) is 4.77. The summed E-state index contributed by atoms with van der Waals surface area (Å²) in [6.07, 6.45) is 0.440. The Bertz CT molecular complexity index is 954. The molecule has 1 atom stereocenters. The minimum atomic E-state index is -5.08. The number of aromatic nitrogens is 3. The third kappa shape index (κ3) is 5.66. The molecule has 0 aromatic carbocycles. The fourth-order valence-electron chi connectivity index (χ4n) is 3.31. The average molecular weight is 458 g/mol. The molecule has 13 heteroatoms. The highest BCUT2D eigenvalue weighted by molar-refractivity contribution is 5.94. The van der Waals surface area contributed by atoms with Gasteiger partial charge in [-0.1, -0.05) is 0 Å². The largest absolute Gasteiger partial charge is 0.490 e. The number of carboxylic acid groups (broad SMARTS) is 1. The summed E-state index contributed by atoms with van der Waals surface area (Å²) in [6.45, 7) is 1.48. The summed E-state index contributed by atoms with van der Waals surface area (Å²) in [5.41, 5.74) is 0.0774. The number of hydrogen-bond donors (Lipinski definition) is 1. The minimum absolute atomic E-state index is 0.0136. The Morgan fingerprint density at radius 1 is 1.22 bits per heavy atom. The molecule has 4 rings (SSSR count). The number of ether oxygens (including phenoxy) is 2. The van der Waals surface area contributed by atoms with Gasteiger partial charge in [-0.3, -0.25) is 4.79 Å².